The molecule has 0 aromatic carbocycles. The lowest BCUT2D eigenvalue weighted by molar-refractivity contribution is 0.400. The normalized spacial score (nSPS) is 19.1. The van der Waals surface area contributed by atoms with Crippen LogP contribution in [0.5, 0.6) is 0 Å². The van der Waals surface area contributed by atoms with Crippen LogP contribution < -0.4 is 5.32 Å². The second-order valence-corrected chi connectivity index (χ2v) is 5.11. The third kappa shape index (κ3) is 3.08. The summed E-state index contributed by atoms with van der Waals surface area (Å²) in [6.45, 7) is 3.24. The molecule has 1 fully saturated rings. The fourth-order valence-corrected chi connectivity index (χ4v) is 2.68. The van der Waals surface area contributed by atoms with E-state index < -0.39 is 0 Å². The Bertz CT molecular complexity index is 313. The zero-order chi connectivity index (χ0) is 11.4. The molecule has 1 aromatic rings. The number of aromatic nitrogens is 2. The maximum absolute atomic E-state index is 4.17. The van der Waals surface area contributed by atoms with E-state index in [4.69, 9.17) is 0 Å². The Balaban J connectivity index is 1.71. The first-order valence-electron chi connectivity index (χ1n) is 6.46. The minimum Gasteiger partial charge on any atom is -0.309 e. The summed E-state index contributed by atoms with van der Waals surface area (Å²) in [5.41, 5.74) is 1.26. The molecule has 1 aromatic heterocycles. The molecule has 0 saturated heterocycles. The summed E-state index contributed by atoms with van der Waals surface area (Å²) in [6, 6.07) is 2.70. The number of hydrogen-bond donors (Lipinski definition) is 1. The quantitative estimate of drug-likeness (QED) is 0.828. The standard InChI is InChI=1S/C13H23N3/c1-11(9-12-5-3-4-6-12)14-10-13-7-8-15-16(13)2/h7-8,11-12,14H,3-6,9-10H2,1-2H3. The monoisotopic (exact) mass is 221 g/mol. The summed E-state index contributed by atoms with van der Waals surface area (Å²) < 4.78 is 1.94. The van der Waals surface area contributed by atoms with E-state index in [9.17, 15) is 0 Å². The zero-order valence-corrected chi connectivity index (χ0v) is 10.4. The Morgan fingerprint density at radius 2 is 2.25 bits per heavy atom. The number of nitrogens with one attached hydrogen (secondary N) is 1. The van der Waals surface area contributed by atoms with Gasteiger partial charge in [0.2, 0.25) is 0 Å². The van der Waals surface area contributed by atoms with Crippen molar-refractivity contribution >= 4 is 0 Å². The van der Waals surface area contributed by atoms with Crippen LogP contribution in [0.4, 0.5) is 0 Å². The van der Waals surface area contributed by atoms with Crippen LogP contribution in [-0.2, 0) is 13.6 Å². The number of aryl methyl sites for hydroxylation is 1. The lowest BCUT2D eigenvalue weighted by atomic mass is 9.99. The molecule has 0 radical (unpaired) electrons. The molecule has 90 valence electrons. The molecule has 16 heavy (non-hydrogen) atoms. The van der Waals surface area contributed by atoms with Crippen LogP contribution in [0.3, 0.4) is 0 Å². The van der Waals surface area contributed by atoms with Crippen molar-refractivity contribution < 1.29 is 0 Å². The Hall–Kier alpha value is -0.830. The van der Waals surface area contributed by atoms with Gasteiger partial charge in [-0.05, 0) is 25.3 Å². The first-order chi connectivity index (χ1) is 7.75. The smallest absolute Gasteiger partial charge is 0.0518 e. The highest BCUT2D eigenvalue weighted by molar-refractivity contribution is 4.99. The van der Waals surface area contributed by atoms with Gasteiger partial charge in [0.05, 0.1) is 5.69 Å². The Kier molecular flexibility index (Phi) is 3.99. The molecule has 1 heterocycles. The predicted octanol–water partition coefficient (Wildman–Crippen LogP) is 2.48. The third-order valence-corrected chi connectivity index (χ3v) is 3.72. The van der Waals surface area contributed by atoms with Crippen LogP contribution in [0.1, 0.15) is 44.7 Å². The maximum Gasteiger partial charge on any atom is 0.0518 e. The molecule has 2 rings (SSSR count). The topological polar surface area (TPSA) is 29.9 Å². The van der Waals surface area contributed by atoms with Gasteiger partial charge in [-0.3, -0.25) is 4.68 Å². The molecule has 0 bridgehead atoms. The summed E-state index contributed by atoms with van der Waals surface area (Å²) in [7, 11) is 2.00. The molecule has 1 atom stereocenters. The van der Waals surface area contributed by atoms with Crippen molar-refractivity contribution in [2.75, 3.05) is 0 Å². The van der Waals surface area contributed by atoms with Gasteiger partial charge in [0, 0.05) is 25.8 Å². The molecule has 3 nitrogen and oxygen atoms in total. The van der Waals surface area contributed by atoms with Gasteiger partial charge in [0.25, 0.3) is 0 Å². The van der Waals surface area contributed by atoms with Crippen molar-refractivity contribution in [2.45, 2.75) is 51.6 Å². The van der Waals surface area contributed by atoms with Gasteiger partial charge in [-0.25, -0.2) is 0 Å². The second-order valence-electron chi connectivity index (χ2n) is 5.11. The second kappa shape index (κ2) is 5.48. The highest BCUT2D eigenvalue weighted by Gasteiger charge is 2.17. The summed E-state index contributed by atoms with van der Waals surface area (Å²) in [4.78, 5) is 0. The van der Waals surface area contributed by atoms with E-state index in [1.165, 1.54) is 37.8 Å². The molecule has 0 aliphatic heterocycles. The van der Waals surface area contributed by atoms with Crippen LogP contribution in [0.15, 0.2) is 12.3 Å². The highest BCUT2D eigenvalue weighted by atomic mass is 15.3. The molecule has 1 unspecified atom stereocenters. The van der Waals surface area contributed by atoms with E-state index in [1.807, 2.05) is 17.9 Å². The van der Waals surface area contributed by atoms with Crippen molar-refractivity contribution in [2.24, 2.45) is 13.0 Å². The summed E-state index contributed by atoms with van der Waals surface area (Å²) >= 11 is 0. The van der Waals surface area contributed by atoms with Gasteiger partial charge >= 0.3 is 0 Å². The van der Waals surface area contributed by atoms with E-state index in [2.05, 4.69) is 23.4 Å². The zero-order valence-electron chi connectivity index (χ0n) is 10.4. The van der Waals surface area contributed by atoms with E-state index in [1.54, 1.807) is 0 Å². The summed E-state index contributed by atoms with van der Waals surface area (Å²) in [6.07, 6.45) is 8.96. The van der Waals surface area contributed by atoms with E-state index in [-0.39, 0.29) is 0 Å². The Morgan fingerprint density at radius 1 is 1.50 bits per heavy atom. The van der Waals surface area contributed by atoms with Crippen LogP contribution in [0, 0.1) is 5.92 Å². The highest BCUT2D eigenvalue weighted by Crippen LogP contribution is 2.28. The van der Waals surface area contributed by atoms with Crippen molar-refractivity contribution in [1.82, 2.24) is 15.1 Å². The molecule has 0 spiro atoms. The van der Waals surface area contributed by atoms with Crippen LogP contribution in [-0.4, -0.2) is 15.8 Å². The molecule has 3 heteroatoms. The van der Waals surface area contributed by atoms with Gasteiger partial charge in [0.15, 0.2) is 0 Å². The van der Waals surface area contributed by atoms with Gasteiger partial charge in [-0.2, -0.15) is 5.10 Å². The van der Waals surface area contributed by atoms with E-state index in [0.29, 0.717) is 6.04 Å². The van der Waals surface area contributed by atoms with Crippen molar-refractivity contribution in [3.8, 4) is 0 Å². The van der Waals surface area contributed by atoms with Gasteiger partial charge in [-0.1, -0.05) is 25.7 Å². The molecule has 1 N–H and O–H groups in total. The fraction of sp³-hybridized carbons (Fsp3) is 0.769. The molecule has 1 aliphatic carbocycles. The van der Waals surface area contributed by atoms with Gasteiger partial charge < -0.3 is 5.32 Å². The maximum atomic E-state index is 4.17. The first kappa shape index (κ1) is 11.6. The fourth-order valence-electron chi connectivity index (χ4n) is 2.68. The van der Waals surface area contributed by atoms with Crippen LogP contribution >= 0.6 is 0 Å². The summed E-state index contributed by atoms with van der Waals surface area (Å²) in [5.74, 6) is 0.967. The Labute approximate surface area is 98.2 Å². The van der Waals surface area contributed by atoms with Crippen LogP contribution in [0.2, 0.25) is 0 Å². The minimum atomic E-state index is 0.623. The number of nitrogens with zero attached hydrogens (tertiary/aromatic N) is 2. The van der Waals surface area contributed by atoms with Crippen LogP contribution in [0.25, 0.3) is 0 Å². The van der Waals surface area contributed by atoms with Gasteiger partial charge in [-0.15, -0.1) is 0 Å². The summed E-state index contributed by atoms with van der Waals surface area (Å²) in [5, 5.41) is 7.77. The molecule has 1 aliphatic rings. The molecule has 0 amide bonds. The first-order valence-corrected chi connectivity index (χ1v) is 6.46. The number of hydrogen-bond acceptors (Lipinski definition) is 2. The largest absolute Gasteiger partial charge is 0.309 e. The lowest BCUT2D eigenvalue weighted by Crippen LogP contribution is -2.28. The van der Waals surface area contributed by atoms with Crippen molar-refractivity contribution in [1.29, 1.82) is 0 Å². The molecular weight excluding hydrogens is 198 g/mol. The minimum absolute atomic E-state index is 0.623. The number of rotatable bonds is 5. The molecule has 1 saturated carbocycles. The van der Waals surface area contributed by atoms with Crippen molar-refractivity contribution in [3.05, 3.63) is 18.0 Å². The van der Waals surface area contributed by atoms with Crippen molar-refractivity contribution in [3.63, 3.8) is 0 Å². The molecular formula is C13H23N3. The van der Waals surface area contributed by atoms with E-state index >= 15 is 0 Å². The van der Waals surface area contributed by atoms with Gasteiger partial charge in [0.1, 0.15) is 0 Å². The average molecular weight is 221 g/mol. The lowest BCUT2D eigenvalue weighted by Gasteiger charge is -2.17. The Morgan fingerprint density at radius 3 is 2.88 bits per heavy atom. The average Bonchev–Trinajstić information content (AvgIpc) is 2.87. The predicted molar refractivity (Wildman–Crippen MR) is 66.1 cm³/mol. The van der Waals surface area contributed by atoms with E-state index in [0.717, 1.165) is 12.5 Å². The SMILES string of the molecule is CC(CC1CCCC1)NCc1ccnn1C. The third-order valence-electron chi connectivity index (χ3n) is 3.72.